The topological polar surface area (TPSA) is 57.1 Å². The highest BCUT2D eigenvalue weighted by Gasteiger charge is 2.13. The van der Waals surface area contributed by atoms with E-state index in [0.717, 1.165) is 43.6 Å². The lowest BCUT2D eigenvalue weighted by Gasteiger charge is -2.10. The van der Waals surface area contributed by atoms with Gasteiger partial charge in [-0.05, 0) is 42.3 Å². The normalized spacial score (nSPS) is 11.1. The van der Waals surface area contributed by atoms with Gasteiger partial charge in [0, 0.05) is 17.0 Å². The molecule has 2 heterocycles. The molecule has 0 aliphatic carbocycles. The third-order valence-electron chi connectivity index (χ3n) is 3.95. The van der Waals surface area contributed by atoms with Gasteiger partial charge in [-0.1, -0.05) is 0 Å². The molecule has 2 aromatic carbocycles. The first kappa shape index (κ1) is 14.8. The summed E-state index contributed by atoms with van der Waals surface area (Å²) in [6, 6.07) is 10.2. The Morgan fingerprint density at radius 1 is 0.917 bits per heavy atom. The van der Waals surface area contributed by atoms with Crippen LogP contribution in [0.15, 0.2) is 35.8 Å². The van der Waals surface area contributed by atoms with E-state index in [1.807, 2.05) is 17.6 Å². The minimum Gasteiger partial charge on any atom is -0.494 e. The summed E-state index contributed by atoms with van der Waals surface area (Å²) >= 11 is 1.59. The minimum absolute atomic E-state index is 0.509. The molecule has 4 aromatic rings. The second-order valence-electron chi connectivity index (χ2n) is 5.51. The zero-order valence-corrected chi connectivity index (χ0v) is 14.3. The number of nitrogens with zero attached hydrogens (tertiary/aromatic N) is 3. The quantitative estimate of drug-likeness (QED) is 0.560. The molecule has 120 valence electrons. The number of fused-ring (bicyclic) bond motifs is 2. The van der Waals surface area contributed by atoms with E-state index in [9.17, 15) is 0 Å². The highest BCUT2D eigenvalue weighted by molar-refractivity contribution is 7.16. The SMILES string of the molecule is COc1cc2cc(C)cc(-c3cc(OC)c4ncsc4c3)c2nn1. The first-order valence-electron chi connectivity index (χ1n) is 7.43. The third-order valence-corrected chi connectivity index (χ3v) is 4.73. The second-order valence-corrected chi connectivity index (χ2v) is 6.40. The number of ether oxygens (including phenoxy) is 2. The number of hydrogen-bond donors (Lipinski definition) is 0. The molecule has 0 fully saturated rings. The Morgan fingerprint density at radius 3 is 2.58 bits per heavy atom. The van der Waals surface area contributed by atoms with Crippen molar-refractivity contribution >= 4 is 32.5 Å². The van der Waals surface area contributed by atoms with Crippen LogP contribution in [0.1, 0.15) is 5.56 Å². The van der Waals surface area contributed by atoms with Gasteiger partial charge in [-0.25, -0.2) is 4.98 Å². The van der Waals surface area contributed by atoms with E-state index in [4.69, 9.17) is 9.47 Å². The monoisotopic (exact) mass is 337 g/mol. The lowest BCUT2D eigenvalue weighted by atomic mass is 9.99. The molecule has 0 atom stereocenters. The van der Waals surface area contributed by atoms with Gasteiger partial charge >= 0.3 is 0 Å². The fourth-order valence-corrected chi connectivity index (χ4v) is 3.59. The number of rotatable bonds is 3. The molecule has 0 unspecified atom stereocenters. The highest BCUT2D eigenvalue weighted by atomic mass is 32.1. The average molecular weight is 337 g/mol. The number of aryl methyl sites for hydroxylation is 1. The van der Waals surface area contributed by atoms with Crippen LogP contribution in [-0.2, 0) is 0 Å². The first-order valence-corrected chi connectivity index (χ1v) is 8.31. The van der Waals surface area contributed by atoms with E-state index in [1.165, 1.54) is 0 Å². The van der Waals surface area contributed by atoms with Crippen LogP contribution in [0.4, 0.5) is 0 Å². The minimum atomic E-state index is 0.509. The third kappa shape index (κ3) is 2.35. The summed E-state index contributed by atoms with van der Waals surface area (Å²) in [5.74, 6) is 1.27. The van der Waals surface area contributed by atoms with Crippen LogP contribution in [0, 0.1) is 6.92 Å². The molecule has 4 rings (SSSR count). The molecular weight excluding hydrogens is 322 g/mol. The van der Waals surface area contributed by atoms with Crippen molar-refractivity contribution in [2.75, 3.05) is 14.2 Å². The van der Waals surface area contributed by atoms with E-state index < -0.39 is 0 Å². The zero-order chi connectivity index (χ0) is 16.7. The van der Waals surface area contributed by atoms with Crippen molar-refractivity contribution in [1.29, 1.82) is 0 Å². The van der Waals surface area contributed by atoms with E-state index in [0.29, 0.717) is 5.88 Å². The molecule has 0 aliphatic heterocycles. The Kier molecular flexibility index (Phi) is 3.54. The molecule has 0 amide bonds. The molecule has 0 saturated heterocycles. The maximum Gasteiger partial charge on any atom is 0.233 e. The Bertz CT molecular complexity index is 1060. The van der Waals surface area contributed by atoms with Crippen LogP contribution in [0.2, 0.25) is 0 Å². The molecule has 5 nitrogen and oxygen atoms in total. The van der Waals surface area contributed by atoms with Crippen molar-refractivity contribution in [2.24, 2.45) is 0 Å². The maximum absolute atomic E-state index is 5.51. The number of thiazole rings is 1. The lowest BCUT2D eigenvalue weighted by molar-refractivity contribution is 0.393. The van der Waals surface area contributed by atoms with E-state index in [-0.39, 0.29) is 0 Å². The molecule has 24 heavy (non-hydrogen) atoms. The number of aromatic nitrogens is 3. The predicted molar refractivity (Wildman–Crippen MR) is 96.0 cm³/mol. The van der Waals surface area contributed by atoms with Crippen LogP contribution in [0.3, 0.4) is 0 Å². The number of hydrogen-bond acceptors (Lipinski definition) is 6. The molecule has 0 spiro atoms. The fraction of sp³-hybridized carbons (Fsp3) is 0.167. The first-order chi connectivity index (χ1) is 11.7. The van der Waals surface area contributed by atoms with Crippen molar-refractivity contribution in [3.63, 3.8) is 0 Å². The zero-order valence-electron chi connectivity index (χ0n) is 13.5. The average Bonchev–Trinajstić information content (AvgIpc) is 3.08. The Morgan fingerprint density at radius 2 is 1.79 bits per heavy atom. The maximum atomic E-state index is 5.51. The van der Waals surface area contributed by atoms with Gasteiger partial charge in [0.05, 0.1) is 24.4 Å². The van der Waals surface area contributed by atoms with Crippen LogP contribution < -0.4 is 9.47 Å². The number of methoxy groups -OCH3 is 2. The van der Waals surface area contributed by atoms with Crippen LogP contribution >= 0.6 is 11.3 Å². The summed E-state index contributed by atoms with van der Waals surface area (Å²) in [7, 11) is 3.26. The molecule has 0 radical (unpaired) electrons. The van der Waals surface area contributed by atoms with Gasteiger partial charge in [-0.3, -0.25) is 0 Å². The van der Waals surface area contributed by atoms with Crippen molar-refractivity contribution in [3.05, 3.63) is 41.4 Å². The van der Waals surface area contributed by atoms with Crippen LogP contribution in [0.25, 0.3) is 32.2 Å². The van der Waals surface area contributed by atoms with Gasteiger partial charge in [0.1, 0.15) is 16.8 Å². The largest absolute Gasteiger partial charge is 0.494 e. The smallest absolute Gasteiger partial charge is 0.233 e. The molecule has 6 heteroatoms. The van der Waals surface area contributed by atoms with Gasteiger partial charge in [-0.2, -0.15) is 0 Å². The van der Waals surface area contributed by atoms with Crippen LogP contribution in [-0.4, -0.2) is 29.4 Å². The Balaban J connectivity index is 2.02. The summed E-state index contributed by atoms with van der Waals surface area (Å²) in [6.45, 7) is 2.07. The standard InChI is InChI=1S/C18H15N3O2S/c1-10-4-12-8-16(23-3)20-21-17(12)13(5-10)11-6-14(22-2)18-15(7-11)24-9-19-18/h4-9H,1-3H3. The van der Waals surface area contributed by atoms with Gasteiger partial charge in [0.15, 0.2) is 0 Å². The summed E-state index contributed by atoms with van der Waals surface area (Å²) in [5, 5.41) is 9.49. The van der Waals surface area contributed by atoms with Crippen molar-refractivity contribution in [3.8, 4) is 22.8 Å². The Labute approximate surface area is 142 Å². The van der Waals surface area contributed by atoms with E-state index >= 15 is 0 Å². The Hall–Kier alpha value is -2.73. The predicted octanol–water partition coefficient (Wildman–Crippen LogP) is 4.23. The summed E-state index contributed by atoms with van der Waals surface area (Å²) in [5.41, 5.74) is 6.76. The van der Waals surface area contributed by atoms with Gasteiger partial charge in [0.25, 0.3) is 0 Å². The molecule has 0 bridgehead atoms. The molecular formula is C18H15N3O2S. The van der Waals surface area contributed by atoms with E-state index in [1.54, 1.807) is 25.6 Å². The second kappa shape index (κ2) is 5.72. The molecule has 0 saturated carbocycles. The van der Waals surface area contributed by atoms with Crippen molar-refractivity contribution < 1.29 is 9.47 Å². The van der Waals surface area contributed by atoms with Crippen molar-refractivity contribution in [2.45, 2.75) is 6.92 Å². The van der Waals surface area contributed by atoms with E-state index in [2.05, 4.69) is 40.3 Å². The summed E-state index contributed by atoms with van der Waals surface area (Å²) < 4.78 is 11.8. The van der Waals surface area contributed by atoms with Gasteiger partial charge < -0.3 is 9.47 Å². The fourth-order valence-electron chi connectivity index (χ4n) is 2.86. The lowest BCUT2D eigenvalue weighted by Crippen LogP contribution is -1.94. The highest BCUT2D eigenvalue weighted by Crippen LogP contribution is 2.36. The summed E-state index contributed by atoms with van der Waals surface area (Å²) in [6.07, 6.45) is 0. The molecule has 2 aromatic heterocycles. The molecule has 0 aliphatic rings. The van der Waals surface area contributed by atoms with Crippen molar-refractivity contribution in [1.82, 2.24) is 15.2 Å². The van der Waals surface area contributed by atoms with Crippen LogP contribution in [0.5, 0.6) is 11.6 Å². The van der Waals surface area contributed by atoms with Gasteiger partial charge in [-0.15, -0.1) is 21.5 Å². The molecule has 0 N–H and O–H groups in total. The summed E-state index contributed by atoms with van der Waals surface area (Å²) in [4.78, 5) is 4.38. The number of benzene rings is 2. The van der Waals surface area contributed by atoms with Gasteiger partial charge in [0.2, 0.25) is 5.88 Å².